The Bertz CT molecular complexity index is 1170. The topological polar surface area (TPSA) is 78.9 Å². The molecule has 0 radical (unpaired) electrons. The summed E-state index contributed by atoms with van der Waals surface area (Å²) in [6.07, 6.45) is 60.0. The van der Waals surface area contributed by atoms with E-state index in [1.165, 1.54) is 64.2 Å². The van der Waals surface area contributed by atoms with E-state index < -0.39 is 6.10 Å². The lowest BCUT2D eigenvalue weighted by atomic mass is 10.1. The number of allylic oxidation sites excluding steroid dienone is 14. The molecule has 336 valence electrons. The van der Waals surface area contributed by atoms with E-state index in [0.717, 1.165) is 103 Å². The first-order valence-corrected chi connectivity index (χ1v) is 24.1. The maximum Gasteiger partial charge on any atom is 0.306 e. The van der Waals surface area contributed by atoms with Crippen molar-refractivity contribution in [2.45, 2.75) is 219 Å². The second-order valence-electron chi connectivity index (χ2n) is 15.6. The number of esters is 3. The summed E-state index contributed by atoms with van der Waals surface area (Å²) in [5.41, 5.74) is 0. The van der Waals surface area contributed by atoms with Crippen LogP contribution in [0.2, 0.25) is 0 Å². The Morgan fingerprint density at radius 3 is 1.19 bits per heavy atom. The van der Waals surface area contributed by atoms with E-state index in [0.29, 0.717) is 19.3 Å². The van der Waals surface area contributed by atoms with Gasteiger partial charge in [0.05, 0.1) is 0 Å². The molecule has 0 aromatic rings. The van der Waals surface area contributed by atoms with Crippen LogP contribution < -0.4 is 0 Å². The first kappa shape index (κ1) is 55.6. The fraction of sp³-hybridized carbons (Fsp3) is 0.679. The first-order valence-electron chi connectivity index (χ1n) is 24.1. The number of hydrogen-bond acceptors (Lipinski definition) is 6. The zero-order valence-corrected chi connectivity index (χ0v) is 38.2. The lowest BCUT2D eigenvalue weighted by molar-refractivity contribution is -0.167. The average Bonchev–Trinajstić information content (AvgIpc) is 3.23. The Hall–Kier alpha value is -3.41. The average molecular weight is 821 g/mol. The van der Waals surface area contributed by atoms with Gasteiger partial charge in [-0.3, -0.25) is 14.4 Å². The summed E-state index contributed by atoms with van der Waals surface area (Å²) in [6.45, 7) is 6.39. The van der Waals surface area contributed by atoms with Crippen LogP contribution in [0.3, 0.4) is 0 Å². The normalized spacial score (nSPS) is 12.8. The van der Waals surface area contributed by atoms with Crippen LogP contribution in [0.4, 0.5) is 0 Å². The van der Waals surface area contributed by atoms with Gasteiger partial charge < -0.3 is 14.2 Å². The largest absolute Gasteiger partial charge is 0.462 e. The molecule has 0 saturated heterocycles. The summed E-state index contributed by atoms with van der Waals surface area (Å²) in [4.78, 5) is 37.8. The van der Waals surface area contributed by atoms with Crippen molar-refractivity contribution in [3.8, 4) is 0 Å². The van der Waals surface area contributed by atoms with Gasteiger partial charge in [-0.1, -0.05) is 176 Å². The number of unbranched alkanes of at least 4 members (excludes halogenated alkanes) is 17. The molecule has 0 aliphatic carbocycles. The number of ether oxygens (including phenoxy) is 3. The zero-order valence-electron chi connectivity index (χ0n) is 38.2. The molecule has 0 saturated carbocycles. The van der Waals surface area contributed by atoms with Crippen LogP contribution in [0.1, 0.15) is 213 Å². The smallest absolute Gasteiger partial charge is 0.306 e. The minimum absolute atomic E-state index is 0.106. The third-order valence-corrected chi connectivity index (χ3v) is 9.85. The Morgan fingerprint density at radius 1 is 0.356 bits per heavy atom. The van der Waals surface area contributed by atoms with E-state index in [1.807, 2.05) is 0 Å². The van der Waals surface area contributed by atoms with Gasteiger partial charge in [0.25, 0.3) is 0 Å². The van der Waals surface area contributed by atoms with E-state index in [2.05, 4.69) is 106 Å². The Morgan fingerprint density at radius 2 is 0.695 bits per heavy atom. The molecule has 0 N–H and O–H groups in total. The lowest BCUT2D eigenvalue weighted by Crippen LogP contribution is -2.30. The molecule has 1 unspecified atom stereocenters. The molecular formula is C53H88O6. The van der Waals surface area contributed by atoms with E-state index in [-0.39, 0.29) is 37.5 Å². The van der Waals surface area contributed by atoms with Crippen LogP contribution in [-0.2, 0) is 28.6 Å². The quantitative estimate of drug-likeness (QED) is 0.0264. The van der Waals surface area contributed by atoms with Crippen LogP contribution in [0, 0.1) is 0 Å². The van der Waals surface area contributed by atoms with Gasteiger partial charge in [0.1, 0.15) is 13.2 Å². The van der Waals surface area contributed by atoms with Gasteiger partial charge in [0, 0.05) is 19.3 Å². The minimum atomic E-state index is -0.809. The standard InChI is InChI=1S/C53H88O6/c1-4-7-10-13-16-19-22-24-25-26-27-29-31-34-37-40-43-46-52(55)58-49-50(48-57-51(54)45-42-39-36-33-30-21-18-15-12-9-6-3)59-53(56)47-44-41-38-35-32-28-23-20-17-14-11-8-5-2/h7,10,15-16,18-19,24-25,27-29,32,34,37,50H,4-6,8-9,11-14,17,20-23,26,30-31,33,35-36,38-49H2,1-3H3/b10-7-,18-15-,19-16-,25-24-,29-27-,32-28-,37-34-. The highest BCUT2D eigenvalue weighted by Gasteiger charge is 2.19. The maximum absolute atomic E-state index is 12.7. The molecule has 59 heavy (non-hydrogen) atoms. The van der Waals surface area contributed by atoms with Gasteiger partial charge in [-0.2, -0.15) is 0 Å². The molecule has 0 heterocycles. The van der Waals surface area contributed by atoms with Crippen molar-refractivity contribution in [2.24, 2.45) is 0 Å². The van der Waals surface area contributed by atoms with E-state index in [9.17, 15) is 14.4 Å². The number of carbonyl (C=O) groups is 3. The second kappa shape index (κ2) is 47.3. The highest BCUT2D eigenvalue weighted by atomic mass is 16.6. The Labute approximate surface area is 363 Å². The van der Waals surface area contributed by atoms with Gasteiger partial charge in [0.15, 0.2) is 6.10 Å². The summed E-state index contributed by atoms with van der Waals surface area (Å²) >= 11 is 0. The van der Waals surface area contributed by atoms with Crippen molar-refractivity contribution in [1.82, 2.24) is 0 Å². The van der Waals surface area contributed by atoms with Crippen LogP contribution in [-0.4, -0.2) is 37.2 Å². The van der Waals surface area contributed by atoms with Gasteiger partial charge in [-0.05, 0) is 103 Å². The lowest BCUT2D eigenvalue weighted by Gasteiger charge is -2.18. The third kappa shape index (κ3) is 45.5. The molecule has 0 bridgehead atoms. The SMILES string of the molecule is CC/C=C\C/C=C\C/C=C\C/C=C\C/C=C\CCCC(=O)OCC(COC(=O)CCCCCCC/C=C\CCCC)OC(=O)CCCCC/C=C\CCCCCCCC. The van der Waals surface area contributed by atoms with Gasteiger partial charge in [-0.15, -0.1) is 0 Å². The predicted molar refractivity (Wildman–Crippen MR) is 251 cm³/mol. The summed E-state index contributed by atoms with van der Waals surface area (Å²) in [5, 5.41) is 0. The molecule has 0 aromatic heterocycles. The van der Waals surface area contributed by atoms with Crippen molar-refractivity contribution < 1.29 is 28.6 Å². The van der Waals surface area contributed by atoms with Crippen LogP contribution >= 0.6 is 0 Å². The number of hydrogen-bond donors (Lipinski definition) is 0. The molecule has 0 aromatic carbocycles. The molecule has 1 atom stereocenters. The summed E-state index contributed by atoms with van der Waals surface area (Å²) < 4.78 is 16.7. The maximum atomic E-state index is 12.7. The van der Waals surface area contributed by atoms with Crippen LogP contribution in [0.25, 0.3) is 0 Å². The van der Waals surface area contributed by atoms with Crippen LogP contribution in [0.15, 0.2) is 85.1 Å². The summed E-state index contributed by atoms with van der Waals surface area (Å²) in [7, 11) is 0. The first-order chi connectivity index (χ1) is 29.0. The van der Waals surface area contributed by atoms with E-state index >= 15 is 0 Å². The van der Waals surface area contributed by atoms with Crippen molar-refractivity contribution >= 4 is 17.9 Å². The fourth-order valence-corrected chi connectivity index (χ4v) is 6.22. The Balaban J connectivity index is 4.51. The second-order valence-corrected chi connectivity index (χ2v) is 15.6. The molecule has 6 nitrogen and oxygen atoms in total. The molecule has 0 rings (SSSR count). The van der Waals surface area contributed by atoms with Crippen molar-refractivity contribution in [3.05, 3.63) is 85.1 Å². The van der Waals surface area contributed by atoms with Gasteiger partial charge in [0.2, 0.25) is 0 Å². The molecule has 6 heteroatoms. The van der Waals surface area contributed by atoms with Gasteiger partial charge in [-0.25, -0.2) is 0 Å². The third-order valence-electron chi connectivity index (χ3n) is 9.85. The Kier molecular flexibility index (Phi) is 44.5. The minimum Gasteiger partial charge on any atom is -0.462 e. The van der Waals surface area contributed by atoms with E-state index in [4.69, 9.17) is 14.2 Å². The molecule has 0 fully saturated rings. The highest BCUT2D eigenvalue weighted by Crippen LogP contribution is 2.12. The molecule has 0 aliphatic heterocycles. The fourth-order valence-electron chi connectivity index (χ4n) is 6.22. The van der Waals surface area contributed by atoms with Gasteiger partial charge >= 0.3 is 17.9 Å². The summed E-state index contributed by atoms with van der Waals surface area (Å²) in [6, 6.07) is 0. The molecule has 0 aliphatic rings. The van der Waals surface area contributed by atoms with E-state index in [1.54, 1.807) is 0 Å². The monoisotopic (exact) mass is 821 g/mol. The van der Waals surface area contributed by atoms with Crippen molar-refractivity contribution in [1.29, 1.82) is 0 Å². The van der Waals surface area contributed by atoms with Crippen molar-refractivity contribution in [2.75, 3.05) is 13.2 Å². The zero-order chi connectivity index (χ0) is 43.0. The predicted octanol–water partition coefficient (Wildman–Crippen LogP) is 15.6. The highest BCUT2D eigenvalue weighted by molar-refractivity contribution is 5.71. The van der Waals surface area contributed by atoms with Crippen LogP contribution in [0.5, 0.6) is 0 Å². The summed E-state index contributed by atoms with van der Waals surface area (Å²) in [5.74, 6) is -0.997. The number of carbonyl (C=O) groups excluding carboxylic acids is 3. The number of rotatable bonds is 42. The molecular weight excluding hydrogens is 733 g/mol. The van der Waals surface area contributed by atoms with Crippen molar-refractivity contribution in [3.63, 3.8) is 0 Å². The molecule has 0 amide bonds. The molecule has 0 spiro atoms.